The predicted molar refractivity (Wildman–Crippen MR) is 300 cm³/mol. The highest BCUT2D eigenvalue weighted by Gasteiger charge is 2.27. The van der Waals surface area contributed by atoms with Crippen molar-refractivity contribution in [1.82, 2.24) is 44.2 Å². The number of nitrogens with one attached hydrogen (secondary N) is 3. The molecular formula is C59H63F4N11O5. The van der Waals surface area contributed by atoms with Crippen molar-refractivity contribution in [2.45, 2.75) is 73.3 Å². The molecule has 1 aliphatic rings. The molecule has 8 aromatic rings. The first-order chi connectivity index (χ1) is 38.1. The fourth-order valence-electron chi connectivity index (χ4n) is 9.47. The lowest BCUT2D eigenvalue weighted by Gasteiger charge is -2.19. The van der Waals surface area contributed by atoms with E-state index in [0.717, 1.165) is 98.4 Å². The van der Waals surface area contributed by atoms with Crippen LogP contribution in [0.4, 0.5) is 29.5 Å². The van der Waals surface area contributed by atoms with Crippen molar-refractivity contribution in [1.29, 1.82) is 0 Å². The van der Waals surface area contributed by atoms with Gasteiger partial charge in [0.25, 0.3) is 17.0 Å². The van der Waals surface area contributed by atoms with Crippen LogP contribution in [0.5, 0.6) is 0 Å². The number of aromatic nitrogens is 6. The molecule has 0 saturated heterocycles. The van der Waals surface area contributed by atoms with E-state index in [1.807, 2.05) is 13.0 Å². The van der Waals surface area contributed by atoms with Gasteiger partial charge in [0.2, 0.25) is 11.9 Å². The average molecular weight is 1080 g/mol. The largest absolute Gasteiger partial charge is 0.478 e. The Kier molecular flexibility index (Phi) is 18.3. The maximum atomic E-state index is 15.0. The van der Waals surface area contributed by atoms with Crippen LogP contribution in [0.15, 0.2) is 107 Å². The second-order valence-corrected chi connectivity index (χ2v) is 19.0. The summed E-state index contributed by atoms with van der Waals surface area (Å²) in [6, 6.07) is 22.7. The van der Waals surface area contributed by atoms with E-state index in [1.54, 1.807) is 37.3 Å². The van der Waals surface area contributed by atoms with Crippen molar-refractivity contribution in [2.75, 3.05) is 63.0 Å². The number of carboxylic acid groups (broad SMARTS) is 1. The van der Waals surface area contributed by atoms with Gasteiger partial charge in [-0.1, -0.05) is 64.1 Å². The summed E-state index contributed by atoms with van der Waals surface area (Å²) in [4.78, 5) is 74.0. The Bertz CT molecular complexity index is 3630. The topological polar surface area (TPSA) is 192 Å². The quantitative estimate of drug-likeness (QED) is 0.0393. The van der Waals surface area contributed by atoms with Gasteiger partial charge in [-0.05, 0) is 138 Å². The lowest BCUT2D eigenvalue weighted by atomic mass is 9.97. The lowest BCUT2D eigenvalue weighted by molar-refractivity contribution is 0.0695. The van der Waals surface area contributed by atoms with Gasteiger partial charge in [-0.25, -0.2) is 32.3 Å². The number of rotatable bonds is 21. The van der Waals surface area contributed by atoms with Crippen molar-refractivity contribution in [3.63, 3.8) is 0 Å². The summed E-state index contributed by atoms with van der Waals surface area (Å²) in [7, 11) is 0. The number of hydrogen-bond donors (Lipinski definition) is 4. The van der Waals surface area contributed by atoms with Crippen molar-refractivity contribution in [3.05, 3.63) is 163 Å². The lowest BCUT2D eigenvalue weighted by Crippen LogP contribution is -2.26. The molecule has 4 N–H and O–H groups in total. The van der Waals surface area contributed by atoms with Gasteiger partial charge < -0.3 is 30.9 Å². The minimum atomic E-state index is -1.09. The molecule has 0 bridgehead atoms. The van der Waals surface area contributed by atoms with E-state index in [-0.39, 0.29) is 40.7 Å². The minimum absolute atomic E-state index is 0.00197. The van der Waals surface area contributed by atoms with Gasteiger partial charge in [-0.3, -0.25) is 23.5 Å². The van der Waals surface area contributed by atoms with Crippen LogP contribution >= 0.6 is 0 Å². The molecule has 0 radical (unpaired) electrons. The fourth-order valence-corrected chi connectivity index (χ4v) is 9.47. The molecule has 1 fully saturated rings. The summed E-state index contributed by atoms with van der Waals surface area (Å²) in [6.45, 7) is 18.4. The van der Waals surface area contributed by atoms with E-state index >= 15 is 0 Å². The molecule has 412 valence electrons. The maximum Gasteiger partial charge on any atom is 0.335 e. The summed E-state index contributed by atoms with van der Waals surface area (Å²) in [5, 5.41) is 19.8. The number of aromatic carboxylic acids is 1. The summed E-state index contributed by atoms with van der Waals surface area (Å²) < 4.78 is 61.4. The molecule has 16 nitrogen and oxygen atoms in total. The fraction of sp³-hybridized carbons (Fsp3) is 0.322. The number of halogens is 4. The van der Waals surface area contributed by atoms with Crippen molar-refractivity contribution >= 4 is 45.8 Å². The highest BCUT2D eigenvalue weighted by molar-refractivity contribution is 6.00. The smallest absolute Gasteiger partial charge is 0.335 e. The van der Waals surface area contributed by atoms with Crippen LogP contribution in [0.1, 0.15) is 85.2 Å². The van der Waals surface area contributed by atoms with Crippen molar-refractivity contribution < 1.29 is 32.3 Å². The molecule has 1 aliphatic carbocycles. The summed E-state index contributed by atoms with van der Waals surface area (Å²) in [5.41, 5.74) is 1.43. The molecule has 1 amide bonds. The third kappa shape index (κ3) is 12.7. The second kappa shape index (κ2) is 25.4. The number of anilines is 2. The zero-order valence-electron chi connectivity index (χ0n) is 45.0. The Hall–Kier alpha value is -8.36. The molecule has 4 aromatic carbocycles. The van der Waals surface area contributed by atoms with Gasteiger partial charge in [0.05, 0.1) is 17.0 Å². The van der Waals surface area contributed by atoms with Gasteiger partial charge in [-0.15, -0.1) is 0 Å². The monoisotopic (exact) mass is 1080 g/mol. The van der Waals surface area contributed by atoms with Gasteiger partial charge in [-0.2, -0.15) is 9.97 Å². The third-order valence-corrected chi connectivity index (χ3v) is 14.0. The first-order valence-corrected chi connectivity index (χ1v) is 26.5. The summed E-state index contributed by atoms with van der Waals surface area (Å²) in [6.07, 6.45) is 3.54. The van der Waals surface area contributed by atoms with E-state index in [4.69, 9.17) is 4.98 Å². The predicted octanol–water partition coefficient (Wildman–Crippen LogP) is 9.95. The van der Waals surface area contributed by atoms with E-state index in [9.17, 15) is 41.8 Å². The molecule has 4 aromatic heterocycles. The molecule has 4 heterocycles. The van der Waals surface area contributed by atoms with Gasteiger partial charge in [0.1, 0.15) is 34.6 Å². The summed E-state index contributed by atoms with van der Waals surface area (Å²) >= 11 is 0. The number of pyridine rings is 2. The zero-order valence-corrected chi connectivity index (χ0v) is 45.0. The van der Waals surface area contributed by atoms with Crippen molar-refractivity contribution in [3.8, 4) is 33.9 Å². The molecule has 0 spiro atoms. The van der Waals surface area contributed by atoms with Crippen molar-refractivity contribution in [2.24, 2.45) is 0 Å². The van der Waals surface area contributed by atoms with E-state index in [0.29, 0.717) is 63.1 Å². The number of amides is 1. The molecule has 9 rings (SSSR count). The Morgan fingerprint density at radius 3 is 1.35 bits per heavy atom. The number of hydrogen-bond acceptors (Lipinski definition) is 12. The molecule has 0 unspecified atom stereocenters. The molecule has 1 saturated carbocycles. The maximum absolute atomic E-state index is 15.0. The van der Waals surface area contributed by atoms with Crippen LogP contribution < -0.4 is 27.1 Å². The average Bonchev–Trinajstić information content (AvgIpc) is 4.39. The van der Waals surface area contributed by atoms with Crippen LogP contribution in [0, 0.1) is 37.1 Å². The Labute approximate surface area is 454 Å². The van der Waals surface area contributed by atoms with E-state index in [1.165, 1.54) is 36.4 Å². The highest BCUT2D eigenvalue weighted by atomic mass is 19.1. The molecule has 20 heteroatoms. The van der Waals surface area contributed by atoms with Gasteiger partial charge in [0, 0.05) is 58.7 Å². The van der Waals surface area contributed by atoms with Crippen LogP contribution in [0.3, 0.4) is 0 Å². The molecule has 0 atom stereocenters. The Morgan fingerprint density at radius 1 is 0.570 bits per heavy atom. The van der Waals surface area contributed by atoms with Gasteiger partial charge >= 0.3 is 5.97 Å². The van der Waals surface area contributed by atoms with Crippen LogP contribution in [-0.2, 0) is 0 Å². The Morgan fingerprint density at radius 2 is 0.962 bits per heavy atom. The number of fused-ring (bicyclic) bond motifs is 2. The van der Waals surface area contributed by atoms with E-state index < -0.39 is 51.7 Å². The van der Waals surface area contributed by atoms with Gasteiger partial charge in [0.15, 0.2) is 11.3 Å². The molecule has 79 heavy (non-hydrogen) atoms. The van der Waals surface area contributed by atoms with Crippen LogP contribution in [0.25, 0.3) is 56.0 Å². The van der Waals surface area contributed by atoms with Crippen LogP contribution in [-0.4, -0.2) is 114 Å². The number of carboxylic acids is 1. The normalized spacial score (nSPS) is 12.3. The standard InChI is InChI=1S/C31H34F2N6O2.C28H29F2N5O3/c1-4-38(5-2)18-8-17-34-31-36-27(21-9-6-10-22(19(21)3)30(41)35-20-13-14-20)23-15-16-26(40)39(29(23)37-31)28-24(32)11-7-12-25(28)33;1-4-34(5-2)16-8-15-31-28-32-24(18-9-6-10-19(17(18)3)27(37)38)20-13-14-23(36)35(26(20)33-28)25-21(29)11-7-12-22(25)30/h6-7,9-12,15-16,20H,4-5,8,13-14,17-18H2,1-3H3,(H,35,41)(H,34,36,37);6-7,9-14H,4-5,8,15-16H2,1-3H3,(H,37,38)(H,31,32,33). The number of carbonyl (C=O) groups excluding carboxylic acids is 1. The number of nitrogens with zero attached hydrogens (tertiary/aromatic N) is 8. The van der Waals surface area contributed by atoms with E-state index in [2.05, 4.69) is 68.4 Å². The second-order valence-electron chi connectivity index (χ2n) is 19.0. The SMILES string of the molecule is CCN(CC)CCCNc1nc(-c2cccc(C(=O)NC3CC3)c2C)c2ccc(=O)n(-c3c(F)cccc3F)c2n1.CCN(CC)CCCNc1nc(-c2cccc(C(=O)O)c2C)c2ccc(=O)n(-c3c(F)cccc3F)c2n1. The first-order valence-electron chi connectivity index (χ1n) is 26.5. The summed E-state index contributed by atoms with van der Waals surface area (Å²) in [5.74, 6) is -4.49. The highest BCUT2D eigenvalue weighted by Crippen LogP contribution is 2.34. The number of para-hydroxylation sites is 2. The molecule has 0 aliphatic heterocycles. The third-order valence-electron chi connectivity index (χ3n) is 14.0. The first kappa shape index (κ1) is 56.8. The Balaban J connectivity index is 0.000000209. The number of carbonyl (C=O) groups is 2. The minimum Gasteiger partial charge on any atom is -0.478 e. The molecular weight excluding hydrogens is 1020 g/mol. The zero-order chi connectivity index (χ0) is 56.5. The van der Waals surface area contributed by atoms with Crippen LogP contribution in [0.2, 0.25) is 0 Å². The number of benzene rings is 4.